The van der Waals surface area contributed by atoms with E-state index in [0.717, 1.165) is 46.7 Å². The smallest absolute Gasteiger partial charge is 0.269 e. The fourth-order valence-corrected chi connectivity index (χ4v) is 7.47. The number of hydrogen-bond acceptors (Lipinski definition) is 5. The number of nitrogens with one attached hydrogen (secondary N) is 1. The molecule has 1 fully saturated rings. The van der Waals surface area contributed by atoms with Crippen LogP contribution in [0.2, 0.25) is 0 Å². The highest BCUT2D eigenvalue weighted by molar-refractivity contribution is 7.90. The molecule has 1 unspecified atom stereocenters. The molecular weight excluding hydrogens is 550 g/mol. The molecule has 0 saturated heterocycles. The molecule has 1 atom stereocenters. The highest BCUT2D eigenvalue weighted by atomic mass is 32.2. The summed E-state index contributed by atoms with van der Waals surface area (Å²) < 4.78 is 26.9. The molecule has 0 spiro atoms. The molecule has 1 aliphatic heterocycles. The van der Waals surface area contributed by atoms with E-state index >= 15 is 0 Å². The van der Waals surface area contributed by atoms with Gasteiger partial charge in [-0.2, -0.15) is 0 Å². The van der Waals surface area contributed by atoms with E-state index in [0.29, 0.717) is 6.42 Å². The number of carbonyl (C=O) groups excluding carboxylic acids is 3. The first-order chi connectivity index (χ1) is 20.3. The summed E-state index contributed by atoms with van der Waals surface area (Å²) in [6.07, 6.45) is 4.48. The zero-order valence-electron chi connectivity index (χ0n) is 23.9. The Labute approximate surface area is 247 Å². The van der Waals surface area contributed by atoms with Crippen LogP contribution in [0.25, 0.3) is 0 Å². The summed E-state index contributed by atoms with van der Waals surface area (Å²) in [5.74, 6) is -1.02. The summed E-state index contributed by atoms with van der Waals surface area (Å²) in [6, 6.07) is 22.9. The van der Waals surface area contributed by atoms with Crippen molar-refractivity contribution in [3.05, 3.63) is 101 Å². The number of amides is 3. The molecule has 42 heavy (non-hydrogen) atoms. The second-order valence-corrected chi connectivity index (χ2v) is 13.0. The molecule has 0 radical (unpaired) electrons. The van der Waals surface area contributed by atoms with Gasteiger partial charge in [-0.3, -0.25) is 14.4 Å². The third-order valence-corrected chi connectivity index (χ3v) is 10.1. The van der Waals surface area contributed by atoms with E-state index in [9.17, 15) is 22.8 Å². The molecule has 8 nitrogen and oxygen atoms in total. The van der Waals surface area contributed by atoms with Crippen LogP contribution in [0.15, 0.2) is 83.8 Å². The molecule has 5 rings (SSSR count). The number of aryl methyl sites for hydroxylation is 1. The van der Waals surface area contributed by atoms with Crippen LogP contribution in [0.1, 0.15) is 65.6 Å². The lowest BCUT2D eigenvalue weighted by atomic mass is 10.0. The maximum absolute atomic E-state index is 14.0. The van der Waals surface area contributed by atoms with Crippen LogP contribution in [-0.2, 0) is 32.6 Å². The van der Waals surface area contributed by atoms with E-state index in [1.54, 1.807) is 17.0 Å². The van der Waals surface area contributed by atoms with E-state index in [1.807, 2.05) is 61.5 Å². The monoisotopic (exact) mass is 587 g/mol. The number of hydrogen-bond donors (Lipinski definition) is 1. The Balaban J connectivity index is 1.38. The minimum Gasteiger partial charge on any atom is -0.352 e. The quantitative estimate of drug-likeness (QED) is 0.353. The highest BCUT2D eigenvalue weighted by Gasteiger charge is 2.40. The standard InChI is InChI=1S/C33H37N3O5S/c1-24-12-5-6-15-26(24)23-35(29(22-25-13-3-2-4-14-25)32(38)34-27-16-7-8-17-27)31(37)20-11-21-36-33(39)28-18-9-10-19-30(28)42(36,40)41/h2-6,9-10,12-15,18-19,27,29H,7-8,11,16-17,20-23H2,1H3,(H,34,38). The Bertz CT molecular complexity index is 1550. The maximum Gasteiger partial charge on any atom is 0.269 e. The third-order valence-electron chi connectivity index (χ3n) is 8.24. The predicted molar refractivity (Wildman–Crippen MR) is 160 cm³/mol. The fourth-order valence-electron chi connectivity index (χ4n) is 5.86. The van der Waals surface area contributed by atoms with Gasteiger partial charge in [0.25, 0.3) is 15.9 Å². The van der Waals surface area contributed by atoms with Crippen molar-refractivity contribution in [1.82, 2.24) is 14.5 Å². The van der Waals surface area contributed by atoms with Crippen LogP contribution in [0.5, 0.6) is 0 Å². The predicted octanol–water partition coefficient (Wildman–Crippen LogP) is 4.62. The summed E-state index contributed by atoms with van der Waals surface area (Å²) >= 11 is 0. The molecule has 220 valence electrons. The second kappa shape index (κ2) is 12.9. The summed E-state index contributed by atoms with van der Waals surface area (Å²) in [7, 11) is -3.96. The van der Waals surface area contributed by atoms with Crippen molar-refractivity contribution in [2.24, 2.45) is 0 Å². The Morgan fingerprint density at radius 1 is 0.952 bits per heavy atom. The van der Waals surface area contributed by atoms with Gasteiger partial charge in [0, 0.05) is 32.0 Å². The number of benzene rings is 3. The molecule has 1 saturated carbocycles. The van der Waals surface area contributed by atoms with Crippen LogP contribution in [0, 0.1) is 6.92 Å². The molecule has 1 heterocycles. The van der Waals surface area contributed by atoms with Gasteiger partial charge in [0.15, 0.2) is 0 Å². The van der Waals surface area contributed by atoms with E-state index < -0.39 is 22.0 Å². The van der Waals surface area contributed by atoms with E-state index in [4.69, 9.17) is 0 Å². The van der Waals surface area contributed by atoms with Gasteiger partial charge in [-0.15, -0.1) is 0 Å². The van der Waals surface area contributed by atoms with Crippen molar-refractivity contribution in [2.45, 2.75) is 75.4 Å². The SMILES string of the molecule is Cc1ccccc1CN(C(=O)CCCN1C(=O)c2ccccc2S1(=O)=O)C(Cc1ccccc1)C(=O)NC1CCCC1. The van der Waals surface area contributed by atoms with Crippen molar-refractivity contribution in [1.29, 1.82) is 0 Å². The van der Waals surface area contributed by atoms with Crippen LogP contribution in [0.4, 0.5) is 0 Å². The Kier molecular flexibility index (Phi) is 9.06. The first-order valence-electron chi connectivity index (χ1n) is 14.6. The van der Waals surface area contributed by atoms with Gasteiger partial charge in [-0.05, 0) is 55.0 Å². The van der Waals surface area contributed by atoms with Crippen LogP contribution >= 0.6 is 0 Å². The zero-order valence-corrected chi connectivity index (χ0v) is 24.7. The van der Waals surface area contributed by atoms with E-state index in [2.05, 4.69) is 5.32 Å². The molecule has 0 bridgehead atoms. The third kappa shape index (κ3) is 6.41. The van der Waals surface area contributed by atoms with Crippen LogP contribution < -0.4 is 5.32 Å². The average molecular weight is 588 g/mol. The van der Waals surface area contributed by atoms with Gasteiger partial charge < -0.3 is 10.2 Å². The molecular formula is C33H37N3O5S. The van der Waals surface area contributed by atoms with E-state index in [-0.39, 0.29) is 54.2 Å². The van der Waals surface area contributed by atoms with Gasteiger partial charge >= 0.3 is 0 Å². The molecule has 9 heteroatoms. The fraction of sp³-hybridized carbons (Fsp3) is 0.364. The van der Waals surface area contributed by atoms with Crippen molar-refractivity contribution in [2.75, 3.05) is 6.54 Å². The van der Waals surface area contributed by atoms with Crippen molar-refractivity contribution >= 4 is 27.7 Å². The zero-order chi connectivity index (χ0) is 29.7. The summed E-state index contributed by atoms with van der Waals surface area (Å²) in [4.78, 5) is 42.3. The first-order valence-corrected chi connectivity index (χ1v) is 16.0. The molecule has 0 aromatic heterocycles. The number of rotatable bonds is 11. The van der Waals surface area contributed by atoms with Gasteiger partial charge in [0.1, 0.15) is 10.9 Å². The van der Waals surface area contributed by atoms with Crippen molar-refractivity contribution in [3.8, 4) is 0 Å². The average Bonchev–Trinajstić information content (AvgIpc) is 3.57. The lowest BCUT2D eigenvalue weighted by molar-refractivity contribution is -0.141. The second-order valence-electron chi connectivity index (χ2n) is 11.1. The molecule has 3 amide bonds. The van der Waals surface area contributed by atoms with Crippen molar-refractivity contribution in [3.63, 3.8) is 0 Å². The molecule has 3 aromatic rings. The number of sulfonamides is 1. The molecule has 1 N–H and O–H groups in total. The number of nitrogens with zero attached hydrogens (tertiary/aromatic N) is 2. The Morgan fingerprint density at radius 2 is 1.62 bits per heavy atom. The number of carbonyl (C=O) groups is 3. The first kappa shape index (κ1) is 29.5. The number of fused-ring (bicyclic) bond motifs is 1. The molecule has 1 aliphatic carbocycles. The van der Waals surface area contributed by atoms with Crippen LogP contribution in [-0.4, -0.2) is 54.0 Å². The largest absolute Gasteiger partial charge is 0.352 e. The lowest BCUT2D eigenvalue weighted by Gasteiger charge is -2.33. The van der Waals surface area contributed by atoms with Gasteiger partial charge in [0.2, 0.25) is 11.8 Å². The maximum atomic E-state index is 14.0. The topological polar surface area (TPSA) is 104 Å². The summed E-state index contributed by atoms with van der Waals surface area (Å²) in [6.45, 7) is 2.11. The van der Waals surface area contributed by atoms with Crippen molar-refractivity contribution < 1.29 is 22.8 Å². The lowest BCUT2D eigenvalue weighted by Crippen LogP contribution is -2.52. The van der Waals surface area contributed by atoms with Gasteiger partial charge in [-0.1, -0.05) is 79.6 Å². The summed E-state index contributed by atoms with van der Waals surface area (Å²) in [5, 5.41) is 3.20. The Morgan fingerprint density at radius 3 is 2.33 bits per heavy atom. The Hall–Kier alpha value is -3.98. The minimum atomic E-state index is -3.96. The van der Waals surface area contributed by atoms with Crippen LogP contribution in [0.3, 0.4) is 0 Å². The highest BCUT2D eigenvalue weighted by Crippen LogP contribution is 2.30. The molecule has 2 aliphatic rings. The normalized spacial score (nSPS) is 16.7. The summed E-state index contributed by atoms with van der Waals surface area (Å²) in [5.41, 5.74) is 3.04. The minimum absolute atomic E-state index is 0.00554. The molecule has 3 aromatic carbocycles. The van der Waals surface area contributed by atoms with E-state index in [1.165, 1.54) is 12.1 Å². The van der Waals surface area contributed by atoms with Gasteiger partial charge in [-0.25, -0.2) is 12.7 Å². The van der Waals surface area contributed by atoms with Gasteiger partial charge in [0.05, 0.1) is 5.56 Å².